The predicted octanol–water partition coefficient (Wildman–Crippen LogP) is 5.81. The topological polar surface area (TPSA) is 147 Å². The summed E-state index contributed by atoms with van der Waals surface area (Å²) in [5.41, 5.74) is 2.76. The third-order valence-electron chi connectivity index (χ3n) is 7.20. The maximum absolute atomic E-state index is 13.3. The lowest BCUT2D eigenvalue weighted by atomic mass is 10.1. The molecule has 3 aromatic carbocycles. The van der Waals surface area contributed by atoms with Gasteiger partial charge in [-0.1, -0.05) is 37.6 Å². The van der Waals surface area contributed by atoms with Crippen LogP contribution in [0.4, 0.5) is 0 Å². The van der Waals surface area contributed by atoms with E-state index in [0.717, 1.165) is 22.1 Å². The van der Waals surface area contributed by atoms with E-state index in [1.807, 2.05) is 19.1 Å². The quantitative estimate of drug-likeness (QED) is 0.136. The van der Waals surface area contributed by atoms with E-state index in [4.69, 9.17) is 13.3 Å². The lowest BCUT2D eigenvalue weighted by Gasteiger charge is -2.26. The number of esters is 1. The number of ether oxygens (including phenoxy) is 1. The molecule has 0 spiro atoms. The second-order valence-corrected chi connectivity index (χ2v) is 15.8. The highest BCUT2D eigenvalue weighted by Gasteiger charge is 2.32. The highest BCUT2D eigenvalue weighted by Crippen LogP contribution is 2.33. The van der Waals surface area contributed by atoms with Crippen molar-refractivity contribution in [2.75, 3.05) is 6.61 Å². The standard InChI is InChI=1S/C33H37N3O8S2/c1-21(2)31(32(37)44-33(4,5)6)35-45(38,39)26-12-13-27-28-17-23(9-14-29(28)43-30(27)18-26)24-19-34-36(20-24)15-16-42-46(40,41)25-10-7-22(3)8-11-25/h7-14,17-21,31,35H,15-16H2,1-6H3/t31-/m0/s1. The second-order valence-electron chi connectivity index (χ2n) is 12.4. The van der Waals surface area contributed by atoms with Gasteiger partial charge in [0.25, 0.3) is 10.1 Å². The van der Waals surface area contributed by atoms with Crippen molar-refractivity contribution in [1.29, 1.82) is 0 Å². The molecule has 11 nitrogen and oxygen atoms in total. The zero-order valence-electron chi connectivity index (χ0n) is 26.5. The molecule has 0 unspecified atom stereocenters. The van der Waals surface area contributed by atoms with Gasteiger partial charge in [-0.25, -0.2) is 8.42 Å². The van der Waals surface area contributed by atoms with Crippen LogP contribution in [0.3, 0.4) is 0 Å². The molecule has 1 atom stereocenters. The number of furan rings is 1. The van der Waals surface area contributed by atoms with Crippen molar-refractivity contribution in [3.8, 4) is 11.1 Å². The van der Waals surface area contributed by atoms with E-state index in [-0.39, 0.29) is 28.9 Å². The first-order valence-corrected chi connectivity index (χ1v) is 17.6. The molecule has 1 N–H and O–H groups in total. The number of sulfonamides is 1. The van der Waals surface area contributed by atoms with Gasteiger partial charge in [-0.2, -0.15) is 18.2 Å². The molecule has 0 saturated heterocycles. The maximum atomic E-state index is 13.3. The Hall–Kier alpha value is -4.04. The molecule has 0 aliphatic rings. The van der Waals surface area contributed by atoms with Crippen LogP contribution in [-0.4, -0.2) is 50.8 Å². The first-order chi connectivity index (χ1) is 21.5. The average Bonchev–Trinajstić information content (AvgIpc) is 3.59. The molecule has 244 valence electrons. The number of fused-ring (bicyclic) bond motifs is 3. The highest BCUT2D eigenvalue weighted by molar-refractivity contribution is 7.89. The summed E-state index contributed by atoms with van der Waals surface area (Å²) in [6.07, 6.45) is 3.46. The molecule has 13 heteroatoms. The van der Waals surface area contributed by atoms with Crippen molar-refractivity contribution in [3.63, 3.8) is 0 Å². The first-order valence-electron chi connectivity index (χ1n) is 14.7. The van der Waals surface area contributed by atoms with Crippen LogP contribution in [0.1, 0.15) is 40.2 Å². The van der Waals surface area contributed by atoms with Crippen LogP contribution in [0.2, 0.25) is 0 Å². The van der Waals surface area contributed by atoms with E-state index in [9.17, 15) is 21.6 Å². The molecule has 0 aliphatic carbocycles. The molecule has 46 heavy (non-hydrogen) atoms. The summed E-state index contributed by atoms with van der Waals surface area (Å²) in [5.74, 6) is -0.992. The number of nitrogens with zero attached hydrogens (tertiary/aromatic N) is 2. The largest absolute Gasteiger partial charge is 0.459 e. The predicted molar refractivity (Wildman–Crippen MR) is 174 cm³/mol. The van der Waals surface area contributed by atoms with Crippen molar-refractivity contribution in [2.45, 2.75) is 69.5 Å². The Balaban J connectivity index is 1.32. The van der Waals surface area contributed by atoms with Crippen LogP contribution in [0.5, 0.6) is 0 Å². The van der Waals surface area contributed by atoms with Gasteiger partial charge in [0.15, 0.2) is 0 Å². The van der Waals surface area contributed by atoms with E-state index in [2.05, 4.69) is 9.82 Å². The third-order valence-corrected chi connectivity index (χ3v) is 9.96. The van der Waals surface area contributed by atoms with Crippen LogP contribution in [0, 0.1) is 12.8 Å². The molecule has 0 saturated carbocycles. The van der Waals surface area contributed by atoms with Gasteiger partial charge in [-0.15, -0.1) is 0 Å². The third kappa shape index (κ3) is 7.49. The normalized spacial score (nSPS) is 13.5. The zero-order valence-corrected chi connectivity index (χ0v) is 28.1. The smallest absolute Gasteiger partial charge is 0.324 e. The van der Waals surface area contributed by atoms with Crippen molar-refractivity contribution in [1.82, 2.24) is 14.5 Å². The summed E-state index contributed by atoms with van der Waals surface area (Å²) < 4.78 is 72.3. The minimum absolute atomic E-state index is 0.0404. The summed E-state index contributed by atoms with van der Waals surface area (Å²) in [5, 5.41) is 5.83. The van der Waals surface area contributed by atoms with Gasteiger partial charge in [0, 0.05) is 28.6 Å². The Morgan fingerprint density at radius 3 is 2.28 bits per heavy atom. The number of nitrogens with one attached hydrogen (secondary N) is 1. The summed E-state index contributed by atoms with van der Waals surface area (Å²) >= 11 is 0. The fraction of sp³-hybridized carbons (Fsp3) is 0.333. The Labute approximate surface area is 268 Å². The first kappa shape index (κ1) is 33.3. The molecular formula is C33H37N3O8S2. The van der Waals surface area contributed by atoms with E-state index in [0.29, 0.717) is 16.6 Å². The molecule has 5 aromatic rings. The Morgan fingerprint density at radius 1 is 0.913 bits per heavy atom. The van der Waals surface area contributed by atoms with Gasteiger partial charge >= 0.3 is 5.97 Å². The number of aromatic nitrogens is 2. The zero-order chi connectivity index (χ0) is 33.4. The fourth-order valence-corrected chi connectivity index (χ4v) is 7.06. The minimum Gasteiger partial charge on any atom is -0.459 e. The summed E-state index contributed by atoms with van der Waals surface area (Å²) in [4.78, 5) is 12.8. The van der Waals surface area contributed by atoms with Gasteiger partial charge in [-0.3, -0.25) is 13.7 Å². The molecular weight excluding hydrogens is 631 g/mol. The van der Waals surface area contributed by atoms with Gasteiger partial charge in [0.05, 0.1) is 29.1 Å². The van der Waals surface area contributed by atoms with Gasteiger partial charge in [0.1, 0.15) is 22.8 Å². The van der Waals surface area contributed by atoms with Crippen molar-refractivity contribution in [2.24, 2.45) is 5.92 Å². The highest BCUT2D eigenvalue weighted by atomic mass is 32.2. The molecule has 0 amide bonds. The Morgan fingerprint density at radius 2 is 1.61 bits per heavy atom. The van der Waals surface area contributed by atoms with E-state index in [1.165, 1.54) is 24.3 Å². The van der Waals surface area contributed by atoms with Gasteiger partial charge in [-0.05, 0) is 75.6 Å². The van der Waals surface area contributed by atoms with Crippen molar-refractivity contribution in [3.05, 3.63) is 78.6 Å². The number of hydrogen-bond donors (Lipinski definition) is 1. The van der Waals surface area contributed by atoms with Crippen LogP contribution < -0.4 is 4.72 Å². The summed E-state index contributed by atoms with van der Waals surface area (Å²) in [7, 11) is -7.96. The van der Waals surface area contributed by atoms with E-state index < -0.39 is 37.8 Å². The summed E-state index contributed by atoms with van der Waals surface area (Å²) in [6, 6.07) is 15.5. The number of hydrogen-bond acceptors (Lipinski definition) is 9. The molecule has 0 radical (unpaired) electrons. The van der Waals surface area contributed by atoms with Crippen molar-refractivity contribution >= 4 is 48.0 Å². The average molecular weight is 668 g/mol. The molecule has 0 bridgehead atoms. The number of aryl methyl sites for hydroxylation is 1. The molecule has 5 rings (SSSR count). The Bertz CT molecular complexity index is 2110. The maximum Gasteiger partial charge on any atom is 0.324 e. The van der Waals surface area contributed by atoms with Crippen LogP contribution >= 0.6 is 0 Å². The van der Waals surface area contributed by atoms with E-state index >= 15 is 0 Å². The summed E-state index contributed by atoms with van der Waals surface area (Å²) in [6.45, 7) is 10.7. The lowest BCUT2D eigenvalue weighted by Crippen LogP contribution is -2.47. The second kappa shape index (κ2) is 12.6. The van der Waals surface area contributed by atoms with Crippen LogP contribution in [-0.2, 0) is 40.4 Å². The van der Waals surface area contributed by atoms with Gasteiger partial charge in [0.2, 0.25) is 10.0 Å². The SMILES string of the molecule is Cc1ccc(S(=O)(=O)OCCn2cc(-c3ccc4oc5cc(S(=O)(=O)N[C@H](C(=O)OC(C)(C)C)C(C)C)ccc5c4c3)cn2)cc1. The molecule has 2 heterocycles. The lowest BCUT2D eigenvalue weighted by molar-refractivity contribution is -0.158. The van der Waals surface area contributed by atoms with Crippen LogP contribution in [0.15, 0.2) is 87.3 Å². The minimum atomic E-state index is -4.09. The molecule has 2 aromatic heterocycles. The number of benzene rings is 3. The van der Waals surface area contributed by atoms with Crippen molar-refractivity contribution < 1.29 is 35.0 Å². The number of rotatable bonds is 11. The van der Waals surface area contributed by atoms with Crippen LogP contribution in [0.25, 0.3) is 33.1 Å². The van der Waals surface area contributed by atoms with E-state index in [1.54, 1.807) is 76.0 Å². The molecule has 0 aliphatic heterocycles. The Kier molecular flexibility index (Phi) is 9.15. The number of carbonyl (C=O) groups is 1. The molecule has 0 fully saturated rings. The monoisotopic (exact) mass is 667 g/mol. The fourth-order valence-electron chi connectivity index (χ4n) is 4.81. The van der Waals surface area contributed by atoms with Gasteiger partial charge < -0.3 is 9.15 Å². The number of carbonyl (C=O) groups excluding carboxylic acids is 1.